The van der Waals surface area contributed by atoms with Crippen molar-refractivity contribution in [2.45, 2.75) is 25.8 Å². The van der Waals surface area contributed by atoms with Crippen molar-refractivity contribution < 1.29 is 14.8 Å². The van der Waals surface area contributed by atoms with Crippen LogP contribution in [0, 0.1) is 21.4 Å². The highest BCUT2D eigenvalue weighted by molar-refractivity contribution is 5.67. The SMILES string of the molecule is CC(CCC(=O)O)Nc1ccc(C#N)cc1[N+](=O)[O-]. The molecule has 0 saturated carbocycles. The van der Waals surface area contributed by atoms with Crippen molar-refractivity contribution in [3.8, 4) is 6.07 Å². The second-order valence-corrected chi connectivity index (χ2v) is 4.08. The van der Waals surface area contributed by atoms with Gasteiger partial charge >= 0.3 is 5.97 Å². The van der Waals surface area contributed by atoms with Crippen LogP contribution < -0.4 is 5.32 Å². The molecule has 1 aromatic carbocycles. The molecule has 0 aliphatic rings. The molecule has 7 nitrogen and oxygen atoms in total. The van der Waals surface area contributed by atoms with E-state index < -0.39 is 10.9 Å². The van der Waals surface area contributed by atoms with Gasteiger partial charge in [0, 0.05) is 18.5 Å². The predicted molar refractivity (Wildman–Crippen MR) is 67.8 cm³/mol. The molecular formula is C12H13N3O4. The number of nitro benzene ring substituents is 1. The molecule has 0 fully saturated rings. The molecule has 0 spiro atoms. The van der Waals surface area contributed by atoms with Crippen molar-refractivity contribution >= 4 is 17.3 Å². The van der Waals surface area contributed by atoms with E-state index in [-0.39, 0.29) is 29.4 Å². The van der Waals surface area contributed by atoms with Gasteiger partial charge in [0.2, 0.25) is 0 Å². The molecular weight excluding hydrogens is 250 g/mol. The summed E-state index contributed by atoms with van der Waals surface area (Å²) in [6.07, 6.45) is 0.338. The third kappa shape index (κ3) is 4.27. The Balaban J connectivity index is 2.86. The lowest BCUT2D eigenvalue weighted by atomic mass is 10.1. The second kappa shape index (κ2) is 6.35. The van der Waals surface area contributed by atoms with Crippen LogP contribution in [0.1, 0.15) is 25.3 Å². The summed E-state index contributed by atoms with van der Waals surface area (Å²) in [5.74, 6) is -0.914. The minimum Gasteiger partial charge on any atom is -0.481 e. The maximum Gasteiger partial charge on any atom is 0.303 e. The molecule has 0 amide bonds. The number of nitro groups is 1. The van der Waals surface area contributed by atoms with Crippen LogP contribution in [0.3, 0.4) is 0 Å². The molecule has 0 saturated heterocycles. The van der Waals surface area contributed by atoms with Gasteiger partial charge in [-0.2, -0.15) is 5.26 Å². The van der Waals surface area contributed by atoms with E-state index in [9.17, 15) is 14.9 Å². The van der Waals surface area contributed by atoms with E-state index in [4.69, 9.17) is 10.4 Å². The zero-order chi connectivity index (χ0) is 14.4. The Hall–Kier alpha value is -2.62. The Morgan fingerprint density at radius 2 is 2.32 bits per heavy atom. The highest BCUT2D eigenvalue weighted by Gasteiger charge is 2.16. The number of aliphatic carboxylic acids is 1. The van der Waals surface area contributed by atoms with Crippen LogP contribution in [0.5, 0.6) is 0 Å². The summed E-state index contributed by atoms with van der Waals surface area (Å²) >= 11 is 0. The molecule has 0 radical (unpaired) electrons. The van der Waals surface area contributed by atoms with Crippen molar-refractivity contribution in [3.05, 3.63) is 33.9 Å². The standard InChI is InChI=1S/C12H13N3O4/c1-8(2-5-12(16)17)14-10-4-3-9(7-13)6-11(10)15(18)19/h3-4,6,8,14H,2,5H2,1H3,(H,16,17). The first kappa shape index (κ1) is 14.4. The summed E-state index contributed by atoms with van der Waals surface area (Å²) < 4.78 is 0. The molecule has 1 unspecified atom stereocenters. The molecule has 0 bridgehead atoms. The minimum atomic E-state index is -0.914. The van der Waals surface area contributed by atoms with Gasteiger partial charge in [0.05, 0.1) is 16.6 Å². The fourth-order valence-electron chi connectivity index (χ4n) is 1.55. The van der Waals surface area contributed by atoms with Gasteiger partial charge in [-0.25, -0.2) is 0 Å². The van der Waals surface area contributed by atoms with Crippen molar-refractivity contribution in [2.75, 3.05) is 5.32 Å². The maximum absolute atomic E-state index is 10.9. The van der Waals surface area contributed by atoms with Gasteiger partial charge in [-0.3, -0.25) is 14.9 Å². The van der Waals surface area contributed by atoms with Gasteiger partial charge in [-0.15, -0.1) is 0 Å². The number of hydrogen-bond acceptors (Lipinski definition) is 5. The van der Waals surface area contributed by atoms with Crippen LogP contribution >= 0.6 is 0 Å². The summed E-state index contributed by atoms with van der Waals surface area (Å²) in [6, 6.07) is 5.72. The van der Waals surface area contributed by atoms with E-state index in [1.54, 1.807) is 6.92 Å². The number of carbonyl (C=O) groups is 1. The van der Waals surface area contributed by atoms with Crippen LogP contribution in [-0.4, -0.2) is 22.0 Å². The Morgan fingerprint density at radius 3 is 2.84 bits per heavy atom. The van der Waals surface area contributed by atoms with Crippen LogP contribution in [-0.2, 0) is 4.79 Å². The molecule has 1 aromatic rings. The van der Waals surface area contributed by atoms with Crippen LogP contribution in [0.15, 0.2) is 18.2 Å². The van der Waals surface area contributed by atoms with Crippen molar-refractivity contribution in [3.63, 3.8) is 0 Å². The molecule has 0 aromatic heterocycles. The Kier molecular flexibility index (Phi) is 4.83. The summed E-state index contributed by atoms with van der Waals surface area (Å²) in [5, 5.41) is 31.1. The zero-order valence-corrected chi connectivity index (χ0v) is 10.3. The fraction of sp³-hybridized carbons (Fsp3) is 0.333. The highest BCUT2D eigenvalue weighted by Crippen LogP contribution is 2.26. The lowest BCUT2D eigenvalue weighted by Crippen LogP contribution is -2.17. The number of nitrogens with zero attached hydrogens (tertiary/aromatic N) is 2. The molecule has 1 atom stereocenters. The second-order valence-electron chi connectivity index (χ2n) is 4.08. The molecule has 100 valence electrons. The molecule has 0 aliphatic heterocycles. The number of carboxylic acids is 1. The third-order valence-corrected chi connectivity index (χ3v) is 2.52. The topological polar surface area (TPSA) is 116 Å². The first-order valence-corrected chi connectivity index (χ1v) is 5.61. The molecule has 0 heterocycles. The summed E-state index contributed by atoms with van der Waals surface area (Å²) in [6.45, 7) is 1.74. The van der Waals surface area contributed by atoms with Gasteiger partial charge in [0.25, 0.3) is 5.69 Å². The predicted octanol–water partition coefficient (Wildman–Crippen LogP) is 2.13. The Morgan fingerprint density at radius 1 is 1.63 bits per heavy atom. The Labute approximate surface area is 109 Å². The number of nitriles is 1. The highest BCUT2D eigenvalue weighted by atomic mass is 16.6. The van der Waals surface area contributed by atoms with Gasteiger partial charge in [-0.05, 0) is 25.5 Å². The third-order valence-electron chi connectivity index (χ3n) is 2.52. The van der Waals surface area contributed by atoms with Crippen molar-refractivity contribution in [1.82, 2.24) is 0 Å². The monoisotopic (exact) mass is 263 g/mol. The molecule has 7 heteroatoms. The number of benzene rings is 1. The number of nitrogens with one attached hydrogen (secondary N) is 1. The van der Waals surface area contributed by atoms with E-state index in [2.05, 4.69) is 5.32 Å². The summed E-state index contributed by atoms with van der Waals surface area (Å²) in [5.41, 5.74) is 0.290. The minimum absolute atomic E-state index is 0.0156. The smallest absolute Gasteiger partial charge is 0.303 e. The lowest BCUT2D eigenvalue weighted by molar-refractivity contribution is -0.384. The summed E-state index contributed by atoms with van der Waals surface area (Å²) in [7, 11) is 0. The van der Waals surface area contributed by atoms with Gasteiger partial charge < -0.3 is 10.4 Å². The van der Waals surface area contributed by atoms with E-state index in [1.165, 1.54) is 18.2 Å². The molecule has 19 heavy (non-hydrogen) atoms. The first-order valence-electron chi connectivity index (χ1n) is 5.61. The average molecular weight is 263 g/mol. The molecule has 0 aliphatic carbocycles. The maximum atomic E-state index is 10.9. The summed E-state index contributed by atoms with van der Waals surface area (Å²) in [4.78, 5) is 20.8. The Bertz CT molecular complexity index is 536. The van der Waals surface area contributed by atoms with E-state index in [0.717, 1.165) is 0 Å². The van der Waals surface area contributed by atoms with Gasteiger partial charge in [0.15, 0.2) is 0 Å². The van der Waals surface area contributed by atoms with Crippen LogP contribution in [0.25, 0.3) is 0 Å². The number of carboxylic acid groups (broad SMARTS) is 1. The molecule has 1 rings (SSSR count). The van der Waals surface area contributed by atoms with Crippen molar-refractivity contribution in [1.29, 1.82) is 5.26 Å². The van der Waals surface area contributed by atoms with Crippen molar-refractivity contribution in [2.24, 2.45) is 0 Å². The largest absolute Gasteiger partial charge is 0.481 e. The number of hydrogen-bond donors (Lipinski definition) is 2. The normalized spacial score (nSPS) is 11.4. The lowest BCUT2D eigenvalue weighted by Gasteiger charge is -2.14. The first-order chi connectivity index (χ1) is 8.93. The van der Waals surface area contributed by atoms with Gasteiger partial charge in [-0.1, -0.05) is 0 Å². The fourth-order valence-corrected chi connectivity index (χ4v) is 1.55. The van der Waals surface area contributed by atoms with E-state index >= 15 is 0 Å². The van der Waals surface area contributed by atoms with Crippen LogP contribution in [0.2, 0.25) is 0 Å². The van der Waals surface area contributed by atoms with Crippen LogP contribution in [0.4, 0.5) is 11.4 Å². The zero-order valence-electron chi connectivity index (χ0n) is 10.3. The number of anilines is 1. The molecule has 2 N–H and O–H groups in total. The quantitative estimate of drug-likeness (QED) is 0.599. The van der Waals surface area contributed by atoms with Gasteiger partial charge in [0.1, 0.15) is 5.69 Å². The number of rotatable bonds is 6. The van der Waals surface area contributed by atoms with E-state index in [1.807, 2.05) is 6.07 Å². The average Bonchev–Trinajstić information content (AvgIpc) is 2.36. The van der Waals surface area contributed by atoms with E-state index in [0.29, 0.717) is 6.42 Å².